The normalized spacial score (nSPS) is 11.2. The van der Waals surface area contributed by atoms with Gasteiger partial charge in [-0.25, -0.2) is 9.97 Å². The maximum absolute atomic E-state index is 9.08. The lowest BCUT2D eigenvalue weighted by Crippen LogP contribution is -2.34. The van der Waals surface area contributed by atoms with Gasteiger partial charge in [0, 0.05) is 18.8 Å². The van der Waals surface area contributed by atoms with Crippen molar-refractivity contribution in [3.05, 3.63) is 18.6 Å². The summed E-state index contributed by atoms with van der Waals surface area (Å²) < 4.78 is 0. The summed E-state index contributed by atoms with van der Waals surface area (Å²) in [6.07, 6.45) is 3.39. The van der Waals surface area contributed by atoms with Crippen LogP contribution in [0.25, 0.3) is 11.0 Å². The van der Waals surface area contributed by atoms with E-state index in [1.54, 1.807) is 6.33 Å². The lowest BCUT2D eigenvalue weighted by atomic mass is 10.2. The number of hydrogen-bond donors (Lipinski definition) is 2. The molecule has 0 aromatic carbocycles. The van der Waals surface area contributed by atoms with Gasteiger partial charge in [0.2, 0.25) is 0 Å². The van der Waals surface area contributed by atoms with Crippen molar-refractivity contribution in [3.8, 4) is 0 Å². The van der Waals surface area contributed by atoms with Crippen LogP contribution in [0.1, 0.15) is 13.8 Å². The topological polar surface area (TPSA) is 65.0 Å². The van der Waals surface area contributed by atoms with E-state index >= 15 is 0 Å². The van der Waals surface area contributed by atoms with E-state index in [1.807, 2.05) is 12.3 Å². The first-order valence-corrected chi connectivity index (χ1v) is 5.39. The van der Waals surface area contributed by atoms with Crippen molar-refractivity contribution in [1.82, 2.24) is 15.0 Å². The zero-order valence-electron chi connectivity index (χ0n) is 9.51. The van der Waals surface area contributed by atoms with Gasteiger partial charge in [0.25, 0.3) is 0 Å². The van der Waals surface area contributed by atoms with Crippen LogP contribution < -0.4 is 4.90 Å². The van der Waals surface area contributed by atoms with Crippen LogP contribution in [-0.2, 0) is 0 Å². The highest BCUT2D eigenvalue weighted by atomic mass is 16.3. The van der Waals surface area contributed by atoms with Crippen molar-refractivity contribution in [2.75, 3.05) is 18.1 Å². The number of aliphatic hydroxyl groups excluding tert-OH is 1. The first-order valence-electron chi connectivity index (χ1n) is 5.39. The Morgan fingerprint density at radius 2 is 2.25 bits per heavy atom. The Morgan fingerprint density at radius 3 is 2.94 bits per heavy atom. The van der Waals surface area contributed by atoms with Gasteiger partial charge in [0.15, 0.2) is 0 Å². The highest BCUT2D eigenvalue weighted by Gasteiger charge is 2.15. The number of anilines is 1. The Labute approximate surface area is 94.1 Å². The average Bonchev–Trinajstić information content (AvgIpc) is 2.73. The molecular weight excluding hydrogens is 204 g/mol. The molecule has 0 saturated carbocycles. The van der Waals surface area contributed by atoms with Crippen LogP contribution in [0.5, 0.6) is 0 Å². The summed E-state index contributed by atoms with van der Waals surface area (Å²) in [4.78, 5) is 13.6. The van der Waals surface area contributed by atoms with Gasteiger partial charge in [-0.05, 0) is 19.9 Å². The molecule has 0 fully saturated rings. The van der Waals surface area contributed by atoms with E-state index in [0.717, 1.165) is 16.9 Å². The fourth-order valence-corrected chi connectivity index (χ4v) is 1.80. The van der Waals surface area contributed by atoms with Crippen molar-refractivity contribution < 1.29 is 5.11 Å². The minimum Gasteiger partial charge on any atom is -0.395 e. The summed E-state index contributed by atoms with van der Waals surface area (Å²) in [5.74, 6) is 0.871. The molecule has 0 radical (unpaired) electrons. The van der Waals surface area contributed by atoms with Crippen LogP contribution in [-0.4, -0.2) is 39.3 Å². The van der Waals surface area contributed by atoms with E-state index in [9.17, 15) is 0 Å². The fourth-order valence-electron chi connectivity index (χ4n) is 1.80. The molecule has 2 aromatic heterocycles. The Balaban J connectivity index is 2.47. The van der Waals surface area contributed by atoms with Gasteiger partial charge < -0.3 is 15.0 Å². The summed E-state index contributed by atoms with van der Waals surface area (Å²) in [5, 5.41) is 10.1. The lowest BCUT2D eigenvalue weighted by molar-refractivity contribution is 0.299. The highest BCUT2D eigenvalue weighted by Crippen LogP contribution is 2.23. The van der Waals surface area contributed by atoms with Crippen molar-refractivity contribution in [1.29, 1.82) is 0 Å². The first-order chi connectivity index (χ1) is 7.74. The molecule has 2 heterocycles. The third kappa shape index (κ3) is 1.86. The van der Waals surface area contributed by atoms with Gasteiger partial charge >= 0.3 is 0 Å². The van der Waals surface area contributed by atoms with Crippen molar-refractivity contribution in [3.63, 3.8) is 0 Å². The Hall–Kier alpha value is -1.62. The molecule has 2 rings (SSSR count). The zero-order valence-corrected chi connectivity index (χ0v) is 9.51. The first kappa shape index (κ1) is 10.9. The van der Waals surface area contributed by atoms with Gasteiger partial charge in [-0.1, -0.05) is 0 Å². The third-order valence-electron chi connectivity index (χ3n) is 2.57. The molecular formula is C11H16N4O. The van der Waals surface area contributed by atoms with E-state index in [1.165, 1.54) is 0 Å². The lowest BCUT2D eigenvalue weighted by Gasteiger charge is -2.27. The predicted octanol–water partition coefficient (Wildman–Crippen LogP) is 1.17. The maximum atomic E-state index is 9.08. The number of H-pyrrole nitrogens is 1. The van der Waals surface area contributed by atoms with Gasteiger partial charge in [0.1, 0.15) is 17.8 Å². The molecule has 0 bridgehead atoms. The molecule has 0 aliphatic carbocycles. The standard InChI is InChI=1S/C11H16N4O/c1-8(2)15(5-6-16)11-9-3-4-12-10(9)13-7-14-11/h3-4,7-8,16H,5-6H2,1-2H3,(H,12,13,14). The SMILES string of the molecule is CC(C)N(CCO)c1ncnc2[nH]ccc12. The predicted molar refractivity (Wildman–Crippen MR) is 63.5 cm³/mol. The second-order valence-corrected chi connectivity index (χ2v) is 3.95. The van der Waals surface area contributed by atoms with E-state index in [-0.39, 0.29) is 6.61 Å². The molecule has 86 valence electrons. The van der Waals surface area contributed by atoms with E-state index in [2.05, 4.69) is 33.7 Å². The number of fused-ring (bicyclic) bond motifs is 1. The summed E-state index contributed by atoms with van der Waals surface area (Å²) in [5.41, 5.74) is 0.827. The van der Waals surface area contributed by atoms with Crippen LogP contribution in [0.3, 0.4) is 0 Å². The average molecular weight is 220 g/mol. The Morgan fingerprint density at radius 1 is 1.44 bits per heavy atom. The molecule has 0 amide bonds. The number of rotatable bonds is 4. The molecule has 0 saturated heterocycles. The van der Waals surface area contributed by atoms with Crippen LogP contribution in [0, 0.1) is 0 Å². The highest BCUT2D eigenvalue weighted by molar-refractivity contribution is 5.87. The van der Waals surface area contributed by atoms with E-state index in [4.69, 9.17) is 5.11 Å². The van der Waals surface area contributed by atoms with E-state index < -0.39 is 0 Å². The van der Waals surface area contributed by atoms with Crippen LogP contribution in [0.15, 0.2) is 18.6 Å². The van der Waals surface area contributed by atoms with E-state index in [0.29, 0.717) is 12.6 Å². The Bertz CT molecular complexity index is 466. The molecule has 0 atom stereocenters. The summed E-state index contributed by atoms with van der Waals surface area (Å²) in [7, 11) is 0. The van der Waals surface area contributed by atoms with Crippen LogP contribution >= 0.6 is 0 Å². The molecule has 2 aromatic rings. The molecule has 5 nitrogen and oxygen atoms in total. The van der Waals surface area contributed by atoms with Gasteiger partial charge in [-0.2, -0.15) is 0 Å². The summed E-state index contributed by atoms with van der Waals surface area (Å²) in [6.45, 7) is 4.86. The summed E-state index contributed by atoms with van der Waals surface area (Å²) >= 11 is 0. The number of aromatic nitrogens is 3. The largest absolute Gasteiger partial charge is 0.395 e. The smallest absolute Gasteiger partial charge is 0.142 e. The zero-order chi connectivity index (χ0) is 11.5. The quantitative estimate of drug-likeness (QED) is 0.811. The maximum Gasteiger partial charge on any atom is 0.142 e. The number of aliphatic hydroxyl groups is 1. The van der Waals surface area contributed by atoms with Gasteiger partial charge in [-0.15, -0.1) is 0 Å². The number of hydrogen-bond acceptors (Lipinski definition) is 4. The molecule has 16 heavy (non-hydrogen) atoms. The molecule has 0 aliphatic heterocycles. The van der Waals surface area contributed by atoms with Crippen molar-refractivity contribution in [2.24, 2.45) is 0 Å². The fraction of sp³-hybridized carbons (Fsp3) is 0.455. The van der Waals surface area contributed by atoms with Crippen LogP contribution in [0.2, 0.25) is 0 Å². The van der Waals surface area contributed by atoms with Gasteiger partial charge in [-0.3, -0.25) is 0 Å². The third-order valence-corrected chi connectivity index (χ3v) is 2.57. The number of nitrogens with one attached hydrogen (secondary N) is 1. The Kier molecular flexibility index (Phi) is 3.05. The minimum absolute atomic E-state index is 0.119. The number of nitrogens with zero attached hydrogens (tertiary/aromatic N) is 3. The second-order valence-electron chi connectivity index (χ2n) is 3.95. The number of aromatic amines is 1. The monoisotopic (exact) mass is 220 g/mol. The molecule has 2 N–H and O–H groups in total. The second kappa shape index (κ2) is 4.49. The molecule has 5 heteroatoms. The molecule has 0 aliphatic rings. The summed E-state index contributed by atoms with van der Waals surface area (Å²) in [6, 6.07) is 2.25. The van der Waals surface area contributed by atoms with Crippen LogP contribution in [0.4, 0.5) is 5.82 Å². The van der Waals surface area contributed by atoms with Crippen molar-refractivity contribution in [2.45, 2.75) is 19.9 Å². The minimum atomic E-state index is 0.119. The van der Waals surface area contributed by atoms with Crippen molar-refractivity contribution >= 4 is 16.9 Å². The molecule has 0 spiro atoms. The van der Waals surface area contributed by atoms with Gasteiger partial charge in [0.05, 0.1) is 12.0 Å². The molecule has 0 unspecified atom stereocenters.